The van der Waals surface area contributed by atoms with Gasteiger partial charge in [0.1, 0.15) is 0 Å². The molecule has 0 amide bonds. The van der Waals surface area contributed by atoms with E-state index in [1.807, 2.05) is 5.38 Å². The van der Waals surface area contributed by atoms with Crippen LogP contribution in [0, 0.1) is 0 Å². The molecule has 6 heteroatoms. The van der Waals surface area contributed by atoms with Gasteiger partial charge in [0, 0.05) is 11.6 Å². The summed E-state index contributed by atoms with van der Waals surface area (Å²) < 4.78 is 10.5. The van der Waals surface area contributed by atoms with Gasteiger partial charge in [-0.25, -0.2) is 0 Å². The number of thiazole rings is 1. The maximum Gasteiger partial charge on any atom is 0.356 e. The van der Waals surface area contributed by atoms with Crippen LogP contribution in [0.15, 0.2) is 47.4 Å². The van der Waals surface area contributed by atoms with Crippen LogP contribution in [0.25, 0.3) is 0 Å². The molecular weight excluding hydrogens is 233 g/mol. The predicted octanol–water partition coefficient (Wildman–Crippen LogP) is 1.63. The molecule has 0 aliphatic heterocycles. The Morgan fingerprint density at radius 3 is 2.13 bits per heavy atom. The van der Waals surface area contributed by atoms with Crippen molar-refractivity contribution in [3.63, 3.8) is 0 Å². The summed E-state index contributed by atoms with van der Waals surface area (Å²) >= 11 is 1.60. The van der Waals surface area contributed by atoms with Crippen molar-refractivity contribution in [1.82, 2.24) is 4.98 Å². The van der Waals surface area contributed by atoms with E-state index in [4.69, 9.17) is 9.79 Å². The van der Waals surface area contributed by atoms with Gasteiger partial charge < -0.3 is 9.79 Å². The van der Waals surface area contributed by atoms with Crippen molar-refractivity contribution in [2.24, 2.45) is 0 Å². The molecule has 0 radical (unpaired) electrons. The molecule has 2 aromatic rings. The Morgan fingerprint density at radius 2 is 1.87 bits per heavy atom. The minimum atomic E-state index is -4.02. The summed E-state index contributed by atoms with van der Waals surface area (Å²) in [5.74, 6) is 0. The van der Waals surface area contributed by atoms with E-state index in [1.165, 1.54) is 12.1 Å². The van der Waals surface area contributed by atoms with Crippen LogP contribution in [0.1, 0.15) is 0 Å². The van der Waals surface area contributed by atoms with Crippen molar-refractivity contribution in [2.75, 3.05) is 0 Å². The Bertz CT molecular complexity index is 395. The van der Waals surface area contributed by atoms with Gasteiger partial charge in [-0.2, -0.15) is 0 Å². The third-order valence-electron chi connectivity index (χ3n) is 1.44. The number of hydrogen-bond acceptors (Lipinski definition) is 3. The van der Waals surface area contributed by atoms with Gasteiger partial charge in [0.05, 0.1) is 10.8 Å². The quantitative estimate of drug-likeness (QED) is 0.747. The molecule has 0 bridgehead atoms. The lowest BCUT2D eigenvalue weighted by Crippen LogP contribution is -2.01. The van der Waals surface area contributed by atoms with E-state index in [1.54, 1.807) is 41.2 Å². The summed E-state index contributed by atoms with van der Waals surface area (Å²) in [7, 11) is -4.02. The third kappa shape index (κ3) is 4.85. The molecule has 0 spiro atoms. The second kappa shape index (κ2) is 5.78. The lowest BCUT2D eigenvalue weighted by atomic mass is 10.4. The smallest absolute Gasteiger partial charge is 0.321 e. The van der Waals surface area contributed by atoms with E-state index >= 15 is 0 Å². The molecule has 2 N–H and O–H groups in total. The van der Waals surface area contributed by atoms with Crippen LogP contribution in [-0.4, -0.2) is 14.8 Å². The Kier molecular flexibility index (Phi) is 4.65. The van der Waals surface area contributed by atoms with E-state index in [0.717, 1.165) is 0 Å². The highest BCUT2D eigenvalue weighted by Gasteiger charge is 2.14. The van der Waals surface area contributed by atoms with E-state index in [-0.39, 0.29) is 5.30 Å². The predicted molar refractivity (Wildman–Crippen MR) is 60.2 cm³/mol. The van der Waals surface area contributed by atoms with Crippen LogP contribution in [0.2, 0.25) is 0 Å². The van der Waals surface area contributed by atoms with E-state index in [2.05, 4.69) is 4.98 Å². The molecule has 80 valence electrons. The fraction of sp³-hybridized carbons (Fsp3) is 0. The molecule has 0 aliphatic carbocycles. The summed E-state index contributed by atoms with van der Waals surface area (Å²) in [4.78, 5) is 20.9. The summed E-state index contributed by atoms with van der Waals surface area (Å²) in [6.45, 7) is 0. The van der Waals surface area contributed by atoms with E-state index < -0.39 is 7.60 Å². The first-order valence-electron chi connectivity index (χ1n) is 4.04. The minimum absolute atomic E-state index is 0.0648. The van der Waals surface area contributed by atoms with Gasteiger partial charge >= 0.3 is 7.60 Å². The molecule has 15 heavy (non-hydrogen) atoms. The van der Waals surface area contributed by atoms with Crippen molar-refractivity contribution in [3.8, 4) is 0 Å². The SMILES string of the molecule is O=P(O)(O)c1ccccc1.c1cscn1. The Hall–Kier alpha value is -1.00. The van der Waals surface area contributed by atoms with Gasteiger partial charge in [-0.05, 0) is 12.1 Å². The first kappa shape index (κ1) is 12.1. The largest absolute Gasteiger partial charge is 0.356 e. The van der Waals surface area contributed by atoms with Gasteiger partial charge in [-0.3, -0.25) is 9.55 Å². The molecule has 0 saturated heterocycles. The fourth-order valence-corrected chi connectivity index (χ4v) is 1.71. The van der Waals surface area contributed by atoms with Crippen LogP contribution in [-0.2, 0) is 4.57 Å². The molecule has 0 aliphatic rings. The van der Waals surface area contributed by atoms with Crippen LogP contribution < -0.4 is 5.30 Å². The van der Waals surface area contributed by atoms with Crippen molar-refractivity contribution in [2.45, 2.75) is 0 Å². The van der Waals surface area contributed by atoms with Gasteiger partial charge in [0.2, 0.25) is 0 Å². The van der Waals surface area contributed by atoms with Crippen molar-refractivity contribution in [1.29, 1.82) is 0 Å². The standard InChI is InChI=1S/C6H7O3P.C3H3NS/c7-10(8,9)6-4-2-1-3-5-6;1-2-5-3-4-1/h1-5H,(H2,7,8,9);1-3H. The second-order valence-corrected chi connectivity index (χ2v) is 4.91. The van der Waals surface area contributed by atoms with Crippen molar-refractivity contribution >= 4 is 24.2 Å². The molecule has 4 nitrogen and oxygen atoms in total. The molecule has 0 unspecified atom stereocenters. The maximum atomic E-state index is 10.5. The molecule has 1 aromatic carbocycles. The third-order valence-corrected chi connectivity index (χ3v) is 2.93. The molecule has 0 atom stereocenters. The number of rotatable bonds is 1. The fourth-order valence-electron chi connectivity index (χ4n) is 0.798. The first-order valence-corrected chi connectivity index (χ1v) is 6.59. The monoisotopic (exact) mass is 243 g/mol. The summed E-state index contributed by atoms with van der Waals surface area (Å²) in [6, 6.07) is 7.70. The molecule has 1 heterocycles. The average Bonchev–Trinajstić information content (AvgIpc) is 2.76. The maximum absolute atomic E-state index is 10.5. The average molecular weight is 243 g/mol. The summed E-state index contributed by atoms with van der Waals surface area (Å²) in [6.07, 6.45) is 1.77. The number of hydrogen-bond donors (Lipinski definition) is 2. The second-order valence-electron chi connectivity index (χ2n) is 2.56. The zero-order valence-electron chi connectivity index (χ0n) is 7.72. The van der Waals surface area contributed by atoms with E-state index in [9.17, 15) is 4.57 Å². The lowest BCUT2D eigenvalue weighted by molar-refractivity contribution is 0.387. The van der Waals surface area contributed by atoms with Gasteiger partial charge in [0.25, 0.3) is 0 Å². The van der Waals surface area contributed by atoms with Gasteiger partial charge in [-0.15, -0.1) is 11.3 Å². The van der Waals surface area contributed by atoms with Crippen LogP contribution >= 0.6 is 18.9 Å². The zero-order chi connectivity index (χ0) is 11.1. The highest BCUT2D eigenvalue weighted by molar-refractivity contribution is 7.60. The topological polar surface area (TPSA) is 70.4 Å². The Labute approximate surface area is 91.4 Å². The number of benzene rings is 1. The highest BCUT2D eigenvalue weighted by Crippen LogP contribution is 2.32. The highest BCUT2D eigenvalue weighted by atomic mass is 32.1. The van der Waals surface area contributed by atoms with Gasteiger partial charge in [-0.1, -0.05) is 18.2 Å². The molecule has 2 rings (SSSR count). The number of aromatic nitrogens is 1. The van der Waals surface area contributed by atoms with Gasteiger partial charge in [0.15, 0.2) is 0 Å². The van der Waals surface area contributed by atoms with Crippen molar-refractivity contribution < 1.29 is 14.4 Å². The zero-order valence-corrected chi connectivity index (χ0v) is 9.44. The first-order chi connectivity index (χ1) is 7.11. The Morgan fingerprint density at radius 1 is 1.20 bits per heavy atom. The summed E-state index contributed by atoms with van der Waals surface area (Å²) in [5, 5.41) is 2.00. The summed E-state index contributed by atoms with van der Waals surface area (Å²) in [5.41, 5.74) is 1.79. The molecule has 0 fully saturated rings. The van der Waals surface area contributed by atoms with E-state index in [0.29, 0.717) is 0 Å². The number of nitrogens with zero attached hydrogens (tertiary/aromatic N) is 1. The molecule has 0 saturated carbocycles. The van der Waals surface area contributed by atoms with Crippen LogP contribution in [0.3, 0.4) is 0 Å². The molecular formula is C9H10NO3PS. The van der Waals surface area contributed by atoms with Crippen LogP contribution in [0.4, 0.5) is 0 Å². The normalized spacial score (nSPS) is 10.3. The van der Waals surface area contributed by atoms with Crippen LogP contribution in [0.5, 0.6) is 0 Å². The minimum Gasteiger partial charge on any atom is -0.321 e. The van der Waals surface area contributed by atoms with Crippen molar-refractivity contribution in [3.05, 3.63) is 47.4 Å². The Balaban J connectivity index is 0.000000187. The lowest BCUT2D eigenvalue weighted by Gasteiger charge is -2.00. The molecule has 1 aromatic heterocycles.